The van der Waals surface area contributed by atoms with Crippen molar-refractivity contribution in [1.29, 1.82) is 0 Å². The molecule has 14 saturated carbocycles. The molecule has 14 fully saturated rings. The first-order valence-corrected chi connectivity index (χ1v) is 32.4. The van der Waals surface area contributed by atoms with Crippen LogP contribution in [0.5, 0.6) is 0 Å². The van der Waals surface area contributed by atoms with Gasteiger partial charge < -0.3 is 39.0 Å². The molecule has 0 radical (unpaired) electrons. The third-order valence-corrected chi connectivity index (χ3v) is 21.6. The zero-order chi connectivity index (χ0) is 61.1. The molecular formula is C70H108O13. The number of carbonyl (C=O) groups is 5. The van der Waals surface area contributed by atoms with Gasteiger partial charge in [-0.2, -0.15) is 0 Å². The molecular weight excluding hydrogens is 1050 g/mol. The summed E-state index contributed by atoms with van der Waals surface area (Å²) in [5.74, 6) is 3.39. The molecule has 0 aromatic heterocycles. The fraction of sp³-hybridized carbons (Fsp3) is 0.786. The SMILES string of the molecule is C=C(C)C(=O)OC1(C(C)C)C2CC3CC(C2)CC1C3.C=C(C)C(=O)OC1(CC)CCCC1.C=C(C)C(=O)OC1(CC)CCCCCCC1.C=C(C)C(=O)OC12CC3CC(CC(O)(C3)C1)C2.C=C(C)C(=O)OC12CC3CC(O)(CC(O)(C3)C1)C2. The van der Waals surface area contributed by atoms with E-state index in [-0.39, 0.29) is 46.6 Å². The second kappa shape index (κ2) is 26.1. The van der Waals surface area contributed by atoms with E-state index in [0.717, 1.165) is 95.3 Å². The lowest BCUT2D eigenvalue weighted by Crippen LogP contribution is -2.66. The molecule has 0 saturated heterocycles. The summed E-state index contributed by atoms with van der Waals surface area (Å²) >= 11 is 0. The van der Waals surface area contributed by atoms with E-state index >= 15 is 0 Å². The molecule has 13 nitrogen and oxygen atoms in total. The Morgan fingerprint density at radius 1 is 0.398 bits per heavy atom. The summed E-state index contributed by atoms with van der Waals surface area (Å²) in [5.41, 5.74) is -1.59. The molecule has 0 aromatic carbocycles. The predicted molar refractivity (Wildman–Crippen MR) is 322 cm³/mol. The summed E-state index contributed by atoms with van der Waals surface area (Å²) in [4.78, 5) is 58.6. The Kier molecular flexibility index (Phi) is 20.9. The molecule has 13 heteroatoms. The van der Waals surface area contributed by atoms with Crippen LogP contribution >= 0.6 is 0 Å². The first-order chi connectivity index (χ1) is 38.8. The molecule has 4 atom stereocenters. The van der Waals surface area contributed by atoms with Crippen LogP contribution in [0.4, 0.5) is 0 Å². The van der Waals surface area contributed by atoms with Crippen molar-refractivity contribution in [2.45, 2.75) is 300 Å². The summed E-state index contributed by atoms with van der Waals surface area (Å²) < 4.78 is 28.5. The lowest BCUT2D eigenvalue weighted by molar-refractivity contribution is -0.260. The number of hydrogen-bond donors (Lipinski definition) is 3. The average Bonchev–Trinajstić information content (AvgIpc) is 1.22. The maximum Gasteiger partial charge on any atom is 0.333 e. The fourth-order valence-corrected chi connectivity index (χ4v) is 18.8. The molecule has 0 aromatic rings. The van der Waals surface area contributed by atoms with Crippen LogP contribution in [0.1, 0.15) is 255 Å². The first-order valence-electron chi connectivity index (χ1n) is 32.4. The Morgan fingerprint density at radius 2 is 0.711 bits per heavy atom. The standard InChI is InChI=1S/C17H26O2.C14H20O4.C14H20O3.C14H24O2.C11H18O2/c1-10(2)16(18)19-17(11(3)4)14-6-12-5-13(8-14)9-15(17)7-12;1-9(2)11(15)18-14-5-10-3-12(16,7-14)6-13(17,4-10)8-14;1-9(2)12(15)17-14-6-10-3-11(7-14)5-13(16,4-10)8-14;1-4-14(16-13(15)12(2)3)10-8-6-5-7-9-11-14;1-4-11(7-5-6-8-11)13-10(12)9(2)3/h11-15H,1,5-9H2,2-4H3;10,16-17H,1,3-8H2,2H3;10-11,16H,1,3-8H2,2H3;2,4-11H2,1,3H3;2,4-8H2,1,3H3. The summed E-state index contributed by atoms with van der Waals surface area (Å²) in [5, 5.41) is 31.5. The molecule has 0 spiro atoms. The Hall–Kier alpha value is -4.07. The Bertz CT molecular complexity index is 2390. The Morgan fingerprint density at radius 3 is 1.07 bits per heavy atom. The monoisotopic (exact) mass is 1160 g/mol. The van der Waals surface area contributed by atoms with Gasteiger partial charge in [-0.15, -0.1) is 0 Å². The van der Waals surface area contributed by atoms with Crippen LogP contribution < -0.4 is 0 Å². The third-order valence-electron chi connectivity index (χ3n) is 21.6. The lowest BCUT2D eigenvalue weighted by atomic mass is 9.47. The number of esters is 5. The van der Waals surface area contributed by atoms with E-state index in [1.807, 2.05) is 0 Å². The quantitative estimate of drug-likeness (QED) is 0.0897. The van der Waals surface area contributed by atoms with E-state index in [2.05, 4.69) is 60.6 Å². The van der Waals surface area contributed by atoms with Gasteiger partial charge in [0.15, 0.2) is 0 Å². The Labute approximate surface area is 498 Å². The van der Waals surface area contributed by atoms with Crippen molar-refractivity contribution in [2.75, 3.05) is 0 Å². The zero-order valence-corrected chi connectivity index (χ0v) is 52.8. The molecule has 14 rings (SSSR count). The highest BCUT2D eigenvalue weighted by Crippen LogP contribution is 2.63. The number of hydrogen-bond acceptors (Lipinski definition) is 13. The maximum absolute atomic E-state index is 12.1. The van der Waals surface area contributed by atoms with Gasteiger partial charge in [0.1, 0.15) is 28.0 Å². The molecule has 0 aliphatic heterocycles. The summed E-state index contributed by atoms with van der Waals surface area (Å²) in [6, 6.07) is 0. The highest BCUT2D eigenvalue weighted by Gasteiger charge is 2.65. The van der Waals surface area contributed by atoms with Crippen LogP contribution in [0, 0.1) is 47.3 Å². The molecule has 14 aliphatic rings. The maximum atomic E-state index is 12.1. The lowest BCUT2D eigenvalue weighted by Gasteiger charge is -2.62. The molecule has 12 bridgehead atoms. The molecule has 466 valence electrons. The van der Waals surface area contributed by atoms with E-state index < -0.39 is 34.0 Å². The van der Waals surface area contributed by atoms with Gasteiger partial charge in [-0.05, 0) is 230 Å². The highest BCUT2D eigenvalue weighted by atomic mass is 16.6. The number of carbonyl (C=O) groups excluding carboxylic acids is 5. The smallest absolute Gasteiger partial charge is 0.333 e. The van der Waals surface area contributed by atoms with Gasteiger partial charge in [0.05, 0.1) is 16.8 Å². The van der Waals surface area contributed by atoms with Crippen LogP contribution in [0.25, 0.3) is 0 Å². The molecule has 0 amide bonds. The van der Waals surface area contributed by atoms with Gasteiger partial charge in [-0.25, -0.2) is 24.0 Å². The summed E-state index contributed by atoms with van der Waals surface area (Å²) in [7, 11) is 0. The summed E-state index contributed by atoms with van der Waals surface area (Å²) in [6.45, 7) is 35.3. The van der Waals surface area contributed by atoms with E-state index in [1.54, 1.807) is 34.6 Å². The van der Waals surface area contributed by atoms with Crippen LogP contribution in [0.15, 0.2) is 60.8 Å². The second-order valence-electron chi connectivity index (χ2n) is 29.7. The molecule has 14 aliphatic carbocycles. The highest BCUT2D eigenvalue weighted by molar-refractivity contribution is 5.89. The number of aliphatic hydroxyl groups is 3. The van der Waals surface area contributed by atoms with Crippen molar-refractivity contribution >= 4 is 29.8 Å². The number of ether oxygens (including phenoxy) is 5. The van der Waals surface area contributed by atoms with Gasteiger partial charge in [0, 0.05) is 53.5 Å². The van der Waals surface area contributed by atoms with Gasteiger partial charge >= 0.3 is 29.8 Å². The normalized spacial score (nSPS) is 37.3. The largest absolute Gasteiger partial charge is 0.456 e. The van der Waals surface area contributed by atoms with E-state index in [9.17, 15) is 39.3 Å². The minimum absolute atomic E-state index is 0.171. The predicted octanol–water partition coefficient (Wildman–Crippen LogP) is 14.3. The zero-order valence-electron chi connectivity index (χ0n) is 52.8. The average molecular weight is 1160 g/mol. The second-order valence-corrected chi connectivity index (χ2v) is 29.7. The van der Waals surface area contributed by atoms with Crippen LogP contribution in [0.3, 0.4) is 0 Å². The van der Waals surface area contributed by atoms with Crippen LogP contribution in [-0.2, 0) is 47.7 Å². The Balaban J connectivity index is 0.000000150. The molecule has 83 heavy (non-hydrogen) atoms. The number of rotatable bonds is 13. The van der Waals surface area contributed by atoms with Crippen molar-refractivity contribution in [1.82, 2.24) is 0 Å². The molecule has 0 heterocycles. The van der Waals surface area contributed by atoms with Gasteiger partial charge in [-0.1, -0.05) is 79.9 Å². The minimum atomic E-state index is -0.858. The van der Waals surface area contributed by atoms with Crippen molar-refractivity contribution in [3.8, 4) is 0 Å². The van der Waals surface area contributed by atoms with Crippen molar-refractivity contribution in [3.05, 3.63) is 60.8 Å². The van der Waals surface area contributed by atoms with Gasteiger partial charge in [0.25, 0.3) is 0 Å². The van der Waals surface area contributed by atoms with Crippen molar-refractivity contribution in [3.63, 3.8) is 0 Å². The topological polar surface area (TPSA) is 192 Å². The summed E-state index contributed by atoms with van der Waals surface area (Å²) in [6.07, 6.45) is 30.0. The van der Waals surface area contributed by atoms with E-state index in [1.165, 1.54) is 83.5 Å². The van der Waals surface area contributed by atoms with Crippen molar-refractivity contribution < 1.29 is 63.0 Å². The van der Waals surface area contributed by atoms with Crippen LogP contribution in [-0.4, -0.2) is 90.0 Å². The fourth-order valence-electron chi connectivity index (χ4n) is 18.8. The van der Waals surface area contributed by atoms with Gasteiger partial charge in [-0.3, -0.25) is 0 Å². The van der Waals surface area contributed by atoms with E-state index in [0.29, 0.717) is 83.1 Å². The minimum Gasteiger partial charge on any atom is -0.456 e. The van der Waals surface area contributed by atoms with Crippen molar-refractivity contribution in [2.24, 2.45) is 47.3 Å². The third kappa shape index (κ3) is 15.7. The molecule has 4 unspecified atom stereocenters. The van der Waals surface area contributed by atoms with Gasteiger partial charge in [0.2, 0.25) is 0 Å². The molecule has 3 N–H and O–H groups in total. The van der Waals surface area contributed by atoms with Crippen LogP contribution in [0.2, 0.25) is 0 Å². The first kappa shape index (κ1) is 66.5. The van der Waals surface area contributed by atoms with E-state index in [4.69, 9.17) is 23.7 Å².